The average molecular weight is 472 g/mol. The van der Waals surface area contributed by atoms with E-state index in [1.54, 1.807) is 54.6 Å². The van der Waals surface area contributed by atoms with E-state index in [1.165, 1.54) is 0 Å². The van der Waals surface area contributed by atoms with Crippen molar-refractivity contribution in [3.63, 3.8) is 0 Å². The number of thiophene rings is 1. The van der Waals surface area contributed by atoms with Crippen molar-refractivity contribution in [2.45, 2.75) is 26.1 Å². The summed E-state index contributed by atoms with van der Waals surface area (Å²) in [5, 5.41) is 2.41. The number of ether oxygens (including phenoxy) is 1. The lowest BCUT2D eigenvalue weighted by molar-refractivity contribution is -0.136. The molecule has 0 atom stereocenters. The van der Waals surface area contributed by atoms with Gasteiger partial charge in [0.25, 0.3) is 5.91 Å². The Kier molecular flexibility index (Phi) is 5.99. The Morgan fingerprint density at radius 2 is 1.76 bits per heavy atom. The molecular weight excluding hydrogens is 451 g/mol. The number of amides is 1. The number of nitrogens with one attached hydrogen (secondary N) is 1. The van der Waals surface area contributed by atoms with Crippen LogP contribution in [0.1, 0.15) is 29.1 Å². The molecule has 5 nitrogen and oxygen atoms in total. The molecule has 0 saturated carbocycles. The fourth-order valence-electron chi connectivity index (χ4n) is 3.35. The van der Waals surface area contributed by atoms with Crippen LogP contribution in [0.25, 0.3) is 21.5 Å². The van der Waals surface area contributed by atoms with Crippen molar-refractivity contribution in [2.24, 2.45) is 0 Å². The van der Waals surface area contributed by atoms with E-state index in [4.69, 9.17) is 10.5 Å². The summed E-state index contributed by atoms with van der Waals surface area (Å²) in [6.45, 7) is 3.79. The van der Waals surface area contributed by atoms with Crippen LogP contribution in [0, 0.1) is 0 Å². The minimum atomic E-state index is -4.67. The third kappa shape index (κ3) is 4.78. The van der Waals surface area contributed by atoms with Gasteiger partial charge in [-0.15, -0.1) is 11.3 Å². The lowest BCUT2D eigenvalue weighted by Gasteiger charge is -2.11. The van der Waals surface area contributed by atoms with Gasteiger partial charge in [0.05, 0.1) is 23.0 Å². The zero-order chi connectivity index (χ0) is 23.8. The molecule has 0 aliphatic carbocycles. The number of rotatable bonds is 5. The Labute approximate surface area is 192 Å². The summed E-state index contributed by atoms with van der Waals surface area (Å²) in [5.74, 6) is 0.0271. The number of halogens is 3. The van der Waals surface area contributed by atoms with Crippen molar-refractivity contribution in [3.8, 4) is 17.0 Å². The highest BCUT2D eigenvalue weighted by Crippen LogP contribution is 2.43. The molecule has 9 heteroatoms. The zero-order valence-electron chi connectivity index (χ0n) is 17.7. The quantitative estimate of drug-likeness (QED) is 0.344. The second-order valence-electron chi connectivity index (χ2n) is 7.59. The minimum Gasteiger partial charge on any atom is -0.491 e. The second kappa shape index (κ2) is 8.74. The highest BCUT2D eigenvalue weighted by atomic mass is 32.1. The van der Waals surface area contributed by atoms with Gasteiger partial charge in [-0.2, -0.15) is 13.2 Å². The van der Waals surface area contributed by atoms with E-state index >= 15 is 0 Å². The van der Waals surface area contributed by atoms with Crippen molar-refractivity contribution >= 4 is 38.8 Å². The van der Waals surface area contributed by atoms with Gasteiger partial charge in [-0.05, 0) is 44.2 Å². The van der Waals surface area contributed by atoms with Crippen LogP contribution in [0.4, 0.5) is 24.5 Å². The van der Waals surface area contributed by atoms with E-state index in [0.29, 0.717) is 17.0 Å². The highest BCUT2D eigenvalue weighted by molar-refractivity contribution is 7.21. The van der Waals surface area contributed by atoms with Gasteiger partial charge < -0.3 is 15.8 Å². The smallest absolute Gasteiger partial charge is 0.417 e. The number of nitrogen functional groups attached to an aromatic ring is 1. The number of hydrogen-bond donors (Lipinski definition) is 2. The molecule has 0 bridgehead atoms. The zero-order valence-corrected chi connectivity index (χ0v) is 18.6. The molecule has 4 aromatic rings. The number of pyridine rings is 1. The molecule has 0 aliphatic rings. The molecule has 0 unspecified atom stereocenters. The number of nitrogens with two attached hydrogens (primary N) is 1. The first-order valence-electron chi connectivity index (χ1n) is 10.1. The fourth-order valence-corrected chi connectivity index (χ4v) is 4.36. The fraction of sp³-hybridized carbons (Fsp3) is 0.167. The van der Waals surface area contributed by atoms with Gasteiger partial charge >= 0.3 is 6.18 Å². The number of carbonyl (C=O) groups excluding carboxylic acids is 1. The van der Waals surface area contributed by atoms with Crippen molar-refractivity contribution < 1.29 is 22.7 Å². The maximum Gasteiger partial charge on any atom is 0.417 e. The van der Waals surface area contributed by atoms with E-state index in [-0.39, 0.29) is 32.6 Å². The number of alkyl halides is 3. The van der Waals surface area contributed by atoms with E-state index in [0.717, 1.165) is 17.4 Å². The maximum absolute atomic E-state index is 13.9. The molecule has 4 rings (SSSR count). The van der Waals surface area contributed by atoms with Crippen LogP contribution >= 0.6 is 11.3 Å². The first-order chi connectivity index (χ1) is 15.6. The molecule has 0 radical (unpaired) electrons. The Morgan fingerprint density at radius 3 is 2.36 bits per heavy atom. The van der Waals surface area contributed by atoms with Crippen LogP contribution in [0.5, 0.6) is 5.75 Å². The third-order valence-corrected chi connectivity index (χ3v) is 5.86. The molecule has 0 spiro atoms. The number of carbonyl (C=O) groups is 1. The van der Waals surface area contributed by atoms with Crippen molar-refractivity contribution in [3.05, 3.63) is 71.1 Å². The molecule has 2 heterocycles. The summed E-state index contributed by atoms with van der Waals surface area (Å²) in [6.07, 6.45) is -4.67. The molecule has 170 valence electrons. The molecule has 2 aromatic carbocycles. The number of aromatic nitrogens is 1. The van der Waals surface area contributed by atoms with Crippen LogP contribution in [0.2, 0.25) is 0 Å². The summed E-state index contributed by atoms with van der Waals surface area (Å²) in [7, 11) is 0. The molecular formula is C24H20F3N3O2S. The van der Waals surface area contributed by atoms with Crippen LogP contribution in [-0.2, 0) is 6.18 Å². The van der Waals surface area contributed by atoms with E-state index in [2.05, 4.69) is 10.3 Å². The molecule has 3 N–H and O–H groups in total. The lowest BCUT2D eigenvalue weighted by Crippen LogP contribution is -2.12. The monoisotopic (exact) mass is 471 g/mol. The van der Waals surface area contributed by atoms with Gasteiger partial charge in [0.1, 0.15) is 15.5 Å². The standard InChI is InChI=1S/C24H20F3N3O2S/c1-13(2)32-16-10-8-15(9-11-16)29-22(31)21-20(28)19-17(24(25,26)27)12-18(30-23(19)33-21)14-6-4-3-5-7-14/h3-13H,28H2,1-2H3,(H,29,31). The molecule has 0 fully saturated rings. The summed E-state index contributed by atoms with van der Waals surface area (Å²) < 4.78 is 47.2. The number of anilines is 2. The second-order valence-corrected chi connectivity index (χ2v) is 8.59. The molecule has 0 aliphatic heterocycles. The van der Waals surface area contributed by atoms with Gasteiger partial charge in [0, 0.05) is 16.6 Å². The summed E-state index contributed by atoms with van der Waals surface area (Å²) in [6, 6.07) is 16.2. The number of fused-ring (bicyclic) bond motifs is 1. The minimum absolute atomic E-state index is 0.0000986. The van der Waals surface area contributed by atoms with Crippen LogP contribution in [0.3, 0.4) is 0 Å². The van der Waals surface area contributed by atoms with Gasteiger partial charge in [-0.1, -0.05) is 30.3 Å². The van der Waals surface area contributed by atoms with Crippen LogP contribution < -0.4 is 15.8 Å². The summed E-state index contributed by atoms with van der Waals surface area (Å²) >= 11 is 0.829. The molecule has 2 aromatic heterocycles. The average Bonchev–Trinajstić information content (AvgIpc) is 3.10. The third-order valence-electron chi connectivity index (χ3n) is 4.76. The molecule has 33 heavy (non-hydrogen) atoms. The number of benzene rings is 2. The van der Waals surface area contributed by atoms with Gasteiger partial charge in [-0.3, -0.25) is 4.79 Å². The topological polar surface area (TPSA) is 77.2 Å². The van der Waals surface area contributed by atoms with E-state index in [1.807, 2.05) is 13.8 Å². The molecule has 0 saturated heterocycles. The van der Waals surface area contributed by atoms with E-state index < -0.39 is 17.6 Å². The predicted molar refractivity (Wildman–Crippen MR) is 125 cm³/mol. The highest BCUT2D eigenvalue weighted by Gasteiger charge is 2.36. The van der Waals surface area contributed by atoms with Crippen molar-refractivity contribution in [1.29, 1.82) is 0 Å². The Bertz CT molecular complexity index is 1300. The van der Waals surface area contributed by atoms with E-state index in [9.17, 15) is 18.0 Å². The van der Waals surface area contributed by atoms with Crippen LogP contribution in [0.15, 0.2) is 60.7 Å². The normalized spacial score (nSPS) is 11.7. The first kappa shape index (κ1) is 22.6. The molecule has 1 amide bonds. The number of hydrogen-bond acceptors (Lipinski definition) is 5. The first-order valence-corrected chi connectivity index (χ1v) is 10.9. The van der Waals surface area contributed by atoms with Gasteiger partial charge in [0.2, 0.25) is 0 Å². The Morgan fingerprint density at radius 1 is 1.09 bits per heavy atom. The lowest BCUT2D eigenvalue weighted by atomic mass is 10.1. The predicted octanol–water partition coefficient (Wildman–Crippen LogP) is 6.60. The summed E-state index contributed by atoms with van der Waals surface area (Å²) in [5.41, 5.74) is 6.03. The maximum atomic E-state index is 13.9. The Balaban J connectivity index is 1.73. The summed E-state index contributed by atoms with van der Waals surface area (Å²) in [4.78, 5) is 17.3. The van der Waals surface area contributed by atoms with Crippen molar-refractivity contribution in [2.75, 3.05) is 11.1 Å². The van der Waals surface area contributed by atoms with Crippen LogP contribution in [-0.4, -0.2) is 17.0 Å². The number of nitrogens with zero attached hydrogens (tertiary/aromatic N) is 1. The largest absolute Gasteiger partial charge is 0.491 e. The van der Waals surface area contributed by atoms with Gasteiger partial charge in [0.15, 0.2) is 0 Å². The Hall–Kier alpha value is -3.59. The SMILES string of the molecule is CC(C)Oc1ccc(NC(=O)c2sc3nc(-c4ccccc4)cc(C(F)(F)F)c3c2N)cc1. The van der Waals surface area contributed by atoms with Gasteiger partial charge in [-0.25, -0.2) is 4.98 Å². The van der Waals surface area contributed by atoms with Crippen molar-refractivity contribution in [1.82, 2.24) is 4.98 Å².